The van der Waals surface area contributed by atoms with Gasteiger partial charge in [-0.1, -0.05) is 24.3 Å². The first-order valence-electron chi connectivity index (χ1n) is 6.57. The Balaban J connectivity index is 0.000000612. The predicted octanol–water partition coefficient (Wildman–Crippen LogP) is 2.08. The Kier molecular flexibility index (Phi) is 5.55. The maximum absolute atomic E-state index is 11.9. The van der Waals surface area contributed by atoms with Crippen LogP contribution in [0.2, 0.25) is 0 Å². The summed E-state index contributed by atoms with van der Waals surface area (Å²) in [6.45, 7) is 7.07. The van der Waals surface area contributed by atoms with Crippen molar-refractivity contribution in [2.75, 3.05) is 6.54 Å². The third-order valence-electron chi connectivity index (χ3n) is 2.78. The summed E-state index contributed by atoms with van der Waals surface area (Å²) < 4.78 is 5.38. The zero-order valence-electron chi connectivity index (χ0n) is 12.3. The number of carbonyl (C=O) groups is 2. The minimum absolute atomic E-state index is 0.216. The molecule has 5 heteroatoms. The number of rotatable bonds is 0. The molecular formula is C15H22N2O3. The van der Waals surface area contributed by atoms with Crippen LogP contribution in [-0.4, -0.2) is 29.5 Å². The van der Waals surface area contributed by atoms with Gasteiger partial charge in [0.2, 0.25) is 6.41 Å². The molecule has 0 bridgehead atoms. The molecule has 1 aromatic carbocycles. The van der Waals surface area contributed by atoms with E-state index >= 15 is 0 Å². The number of nitrogens with zero attached hydrogens (tertiary/aromatic N) is 1. The largest absolute Gasteiger partial charge is 0.444 e. The number of amides is 2. The summed E-state index contributed by atoms with van der Waals surface area (Å²) in [6, 6.07) is 8.26. The highest BCUT2D eigenvalue weighted by Crippen LogP contribution is 2.20. The monoisotopic (exact) mass is 278 g/mol. The van der Waals surface area contributed by atoms with Crippen LogP contribution >= 0.6 is 0 Å². The van der Waals surface area contributed by atoms with Crippen molar-refractivity contribution < 1.29 is 14.3 Å². The quantitative estimate of drug-likeness (QED) is 0.738. The summed E-state index contributed by atoms with van der Waals surface area (Å²) in [5, 5.41) is 0. The topological polar surface area (TPSA) is 72.6 Å². The van der Waals surface area contributed by atoms with E-state index in [0.29, 0.717) is 6.54 Å². The van der Waals surface area contributed by atoms with Crippen molar-refractivity contribution in [2.45, 2.75) is 39.3 Å². The van der Waals surface area contributed by atoms with Crippen LogP contribution in [-0.2, 0) is 22.5 Å². The molecule has 0 aliphatic carbocycles. The number of carbonyl (C=O) groups excluding carboxylic acids is 2. The molecule has 110 valence electrons. The lowest BCUT2D eigenvalue weighted by Gasteiger charge is -2.31. The van der Waals surface area contributed by atoms with Gasteiger partial charge < -0.3 is 15.4 Å². The zero-order chi connectivity index (χ0) is 15.2. The molecule has 5 nitrogen and oxygen atoms in total. The Morgan fingerprint density at radius 2 is 1.85 bits per heavy atom. The Bertz CT molecular complexity index is 466. The number of primary amides is 1. The molecule has 0 saturated heterocycles. The van der Waals surface area contributed by atoms with Crippen molar-refractivity contribution in [1.82, 2.24) is 4.90 Å². The maximum atomic E-state index is 11.9. The minimum Gasteiger partial charge on any atom is -0.444 e. The second-order valence-corrected chi connectivity index (χ2v) is 5.56. The van der Waals surface area contributed by atoms with Crippen LogP contribution in [0.4, 0.5) is 4.79 Å². The Labute approximate surface area is 119 Å². The molecule has 0 fully saturated rings. The number of nitrogens with two attached hydrogens (primary N) is 1. The van der Waals surface area contributed by atoms with Crippen LogP contribution in [0.3, 0.4) is 0 Å². The van der Waals surface area contributed by atoms with Crippen molar-refractivity contribution in [3.8, 4) is 0 Å². The van der Waals surface area contributed by atoms with Crippen LogP contribution in [0, 0.1) is 0 Å². The molecule has 1 aromatic rings. The fraction of sp³-hybridized carbons (Fsp3) is 0.467. The molecule has 0 radical (unpaired) electrons. The Hall–Kier alpha value is -2.04. The highest BCUT2D eigenvalue weighted by Gasteiger charge is 2.25. The Morgan fingerprint density at radius 3 is 2.40 bits per heavy atom. The number of benzene rings is 1. The second kappa shape index (κ2) is 6.93. The first-order valence-corrected chi connectivity index (χ1v) is 6.57. The predicted molar refractivity (Wildman–Crippen MR) is 77.0 cm³/mol. The van der Waals surface area contributed by atoms with Gasteiger partial charge in [-0.05, 0) is 38.3 Å². The summed E-state index contributed by atoms with van der Waals surface area (Å²) >= 11 is 0. The fourth-order valence-electron chi connectivity index (χ4n) is 1.98. The lowest BCUT2D eigenvalue weighted by molar-refractivity contribution is -0.106. The summed E-state index contributed by atoms with van der Waals surface area (Å²) in [5.74, 6) is 0. The zero-order valence-corrected chi connectivity index (χ0v) is 12.3. The third kappa shape index (κ3) is 4.91. The van der Waals surface area contributed by atoms with E-state index in [1.807, 2.05) is 32.9 Å². The molecule has 20 heavy (non-hydrogen) atoms. The van der Waals surface area contributed by atoms with Gasteiger partial charge >= 0.3 is 6.09 Å². The number of ether oxygens (including phenoxy) is 1. The van der Waals surface area contributed by atoms with E-state index in [9.17, 15) is 4.79 Å². The number of hydrogen-bond acceptors (Lipinski definition) is 3. The summed E-state index contributed by atoms with van der Waals surface area (Å²) in [5.41, 5.74) is 6.31. The number of hydrogen-bond donors (Lipinski definition) is 1. The highest BCUT2D eigenvalue weighted by atomic mass is 16.6. The van der Waals surface area contributed by atoms with E-state index in [0.717, 1.165) is 13.0 Å². The van der Waals surface area contributed by atoms with E-state index in [1.54, 1.807) is 4.90 Å². The van der Waals surface area contributed by atoms with Gasteiger partial charge in [-0.2, -0.15) is 0 Å². The Morgan fingerprint density at radius 1 is 1.30 bits per heavy atom. The molecule has 2 rings (SSSR count). The maximum Gasteiger partial charge on any atom is 0.410 e. The standard InChI is InChI=1S/C14H19NO2.CH3NO/c1-14(2,3)17-13(16)15-9-8-11-6-4-5-7-12(11)10-15;2-1-3/h4-7H,8-10H2,1-3H3;1H,(H2,2,3). The smallest absolute Gasteiger partial charge is 0.410 e. The van der Waals surface area contributed by atoms with Crippen molar-refractivity contribution in [3.63, 3.8) is 0 Å². The normalized spacial score (nSPS) is 13.7. The SMILES string of the molecule is CC(C)(C)OC(=O)N1CCc2ccccc2C1.NC=O. The fourth-order valence-corrected chi connectivity index (χ4v) is 1.98. The van der Waals surface area contributed by atoms with Crippen LogP contribution in [0.1, 0.15) is 31.9 Å². The van der Waals surface area contributed by atoms with Crippen molar-refractivity contribution >= 4 is 12.5 Å². The van der Waals surface area contributed by atoms with Gasteiger partial charge in [0.25, 0.3) is 0 Å². The molecule has 1 aliphatic heterocycles. The van der Waals surface area contributed by atoms with Crippen molar-refractivity contribution in [1.29, 1.82) is 0 Å². The van der Waals surface area contributed by atoms with Gasteiger partial charge in [-0.3, -0.25) is 4.79 Å². The van der Waals surface area contributed by atoms with Crippen molar-refractivity contribution in [3.05, 3.63) is 35.4 Å². The third-order valence-corrected chi connectivity index (χ3v) is 2.78. The van der Waals surface area contributed by atoms with Gasteiger partial charge in [0.15, 0.2) is 0 Å². The molecule has 2 amide bonds. The van der Waals surface area contributed by atoms with Crippen molar-refractivity contribution in [2.24, 2.45) is 5.73 Å². The lowest BCUT2D eigenvalue weighted by Crippen LogP contribution is -2.39. The minimum atomic E-state index is -0.423. The molecule has 1 heterocycles. The summed E-state index contributed by atoms with van der Waals surface area (Å²) in [7, 11) is 0. The molecule has 0 unspecified atom stereocenters. The van der Waals surface area contributed by atoms with Crippen LogP contribution < -0.4 is 5.73 Å². The van der Waals surface area contributed by atoms with Gasteiger partial charge in [0.05, 0.1) is 0 Å². The van der Waals surface area contributed by atoms with E-state index in [1.165, 1.54) is 11.1 Å². The molecule has 2 N–H and O–H groups in total. The summed E-state index contributed by atoms with van der Waals surface area (Å²) in [4.78, 5) is 22.3. The molecule has 0 saturated carbocycles. The first-order chi connectivity index (χ1) is 9.37. The molecule has 0 atom stereocenters. The average Bonchev–Trinajstić information content (AvgIpc) is 2.37. The second-order valence-electron chi connectivity index (χ2n) is 5.56. The molecule has 0 aromatic heterocycles. The molecule has 0 spiro atoms. The average molecular weight is 278 g/mol. The van der Waals surface area contributed by atoms with E-state index < -0.39 is 5.60 Å². The number of fused-ring (bicyclic) bond motifs is 1. The molecule has 1 aliphatic rings. The lowest BCUT2D eigenvalue weighted by atomic mass is 10.0. The van der Waals surface area contributed by atoms with Crippen LogP contribution in [0.5, 0.6) is 0 Å². The van der Waals surface area contributed by atoms with Gasteiger partial charge in [-0.15, -0.1) is 0 Å². The van der Waals surface area contributed by atoms with Gasteiger partial charge in [-0.25, -0.2) is 4.79 Å². The van der Waals surface area contributed by atoms with Crippen LogP contribution in [0.15, 0.2) is 24.3 Å². The molecular weight excluding hydrogens is 256 g/mol. The van der Waals surface area contributed by atoms with E-state index in [2.05, 4.69) is 17.9 Å². The first kappa shape index (κ1) is 16.0. The highest BCUT2D eigenvalue weighted by molar-refractivity contribution is 5.68. The van der Waals surface area contributed by atoms with E-state index in [4.69, 9.17) is 9.53 Å². The summed E-state index contributed by atoms with van der Waals surface area (Å²) in [6.07, 6.45) is 0.946. The van der Waals surface area contributed by atoms with E-state index in [-0.39, 0.29) is 12.5 Å². The van der Waals surface area contributed by atoms with Crippen LogP contribution in [0.25, 0.3) is 0 Å². The van der Waals surface area contributed by atoms with Gasteiger partial charge in [0, 0.05) is 13.1 Å². The van der Waals surface area contributed by atoms with Gasteiger partial charge in [0.1, 0.15) is 5.60 Å².